The molecule has 0 unspecified atom stereocenters. The van der Waals surface area contributed by atoms with Crippen LogP contribution in [0, 0.1) is 5.92 Å². The third kappa shape index (κ3) is 8.24. The van der Waals surface area contributed by atoms with Crippen molar-refractivity contribution < 1.29 is 19.5 Å². The highest BCUT2D eigenvalue weighted by molar-refractivity contribution is 5.82. The number of amides is 2. The van der Waals surface area contributed by atoms with Crippen molar-refractivity contribution in [2.24, 2.45) is 5.92 Å². The van der Waals surface area contributed by atoms with Crippen molar-refractivity contribution in [2.45, 2.75) is 26.7 Å². The Kier molecular flexibility index (Phi) is 6.93. The van der Waals surface area contributed by atoms with E-state index in [1.807, 2.05) is 13.8 Å². The predicted octanol–water partition coefficient (Wildman–Crippen LogP) is 0.0818. The number of nitrogens with zero attached hydrogens (tertiary/aromatic N) is 1. The summed E-state index contributed by atoms with van der Waals surface area (Å²) < 4.78 is 0. The van der Waals surface area contributed by atoms with Gasteiger partial charge in [-0.2, -0.15) is 0 Å². The van der Waals surface area contributed by atoms with E-state index in [1.54, 1.807) is 0 Å². The molecule has 0 heterocycles. The van der Waals surface area contributed by atoms with Gasteiger partial charge in [0.2, 0.25) is 11.8 Å². The Morgan fingerprint density at radius 2 is 1.88 bits per heavy atom. The quantitative estimate of drug-likeness (QED) is 0.664. The summed E-state index contributed by atoms with van der Waals surface area (Å²) in [5, 5.41) is 11.1. The van der Waals surface area contributed by atoms with Crippen molar-refractivity contribution in [3.63, 3.8) is 0 Å². The van der Waals surface area contributed by atoms with Gasteiger partial charge < -0.3 is 15.3 Å². The summed E-state index contributed by atoms with van der Waals surface area (Å²) in [5.74, 6) is -1.16. The first-order valence-electron chi connectivity index (χ1n) is 5.55. The van der Waals surface area contributed by atoms with E-state index < -0.39 is 5.97 Å². The van der Waals surface area contributed by atoms with Crippen LogP contribution in [0.5, 0.6) is 0 Å². The van der Waals surface area contributed by atoms with Crippen LogP contribution in [-0.2, 0) is 14.4 Å². The minimum atomic E-state index is -1.05. The Labute approximate surface area is 101 Å². The summed E-state index contributed by atoms with van der Waals surface area (Å²) in [4.78, 5) is 34.1. The number of hydrogen-bond acceptors (Lipinski definition) is 3. The van der Waals surface area contributed by atoms with Crippen LogP contribution >= 0.6 is 0 Å². The molecule has 0 saturated carbocycles. The summed E-state index contributed by atoms with van der Waals surface area (Å²) in [7, 11) is 1.42. The van der Waals surface area contributed by atoms with Gasteiger partial charge in [-0.05, 0) is 5.92 Å². The number of rotatable bonds is 7. The summed E-state index contributed by atoms with van der Waals surface area (Å²) in [6.07, 6.45) is 0.548. The lowest BCUT2D eigenvalue weighted by Crippen LogP contribution is -2.35. The van der Waals surface area contributed by atoms with Gasteiger partial charge in [0, 0.05) is 26.4 Å². The third-order valence-corrected chi connectivity index (χ3v) is 2.05. The highest BCUT2D eigenvalue weighted by atomic mass is 16.4. The van der Waals surface area contributed by atoms with Gasteiger partial charge in [-0.1, -0.05) is 13.8 Å². The molecule has 0 aliphatic rings. The number of carboxylic acid groups (broad SMARTS) is 1. The smallest absolute Gasteiger partial charge is 0.323 e. The monoisotopic (exact) mass is 244 g/mol. The lowest BCUT2D eigenvalue weighted by atomic mass is 10.1. The molecule has 0 aliphatic heterocycles. The molecule has 17 heavy (non-hydrogen) atoms. The molecule has 6 heteroatoms. The molecule has 0 bridgehead atoms. The van der Waals surface area contributed by atoms with Crippen molar-refractivity contribution in [1.29, 1.82) is 0 Å². The molecule has 0 aliphatic carbocycles. The maximum absolute atomic E-state index is 11.4. The molecule has 2 N–H and O–H groups in total. The van der Waals surface area contributed by atoms with Gasteiger partial charge in [-0.3, -0.25) is 14.4 Å². The minimum absolute atomic E-state index is 0.0892. The van der Waals surface area contributed by atoms with E-state index in [1.165, 1.54) is 7.05 Å². The molecule has 0 spiro atoms. The predicted molar refractivity (Wildman–Crippen MR) is 62.4 cm³/mol. The number of aliphatic carboxylic acids is 1. The van der Waals surface area contributed by atoms with Crippen molar-refractivity contribution in [3.05, 3.63) is 0 Å². The number of hydrogen-bond donors (Lipinski definition) is 2. The van der Waals surface area contributed by atoms with E-state index in [-0.39, 0.29) is 37.2 Å². The molecule has 2 amide bonds. The van der Waals surface area contributed by atoms with Crippen LogP contribution in [0.1, 0.15) is 26.7 Å². The summed E-state index contributed by atoms with van der Waals surface area (Å²) in [6, 6.07) is 0. The number of carboxylic acids is 1. The molecule has 0 atom stereocenters. The van der Waals surface area contributed by atoms with E-state index in [4.69, 9.17) is 5.11 Å². The Morgan fingerprint density at radius 3 is 2.35 bits per heavy atom. The van der Waals surface area contributed by atoms with E-state index in [2.05, 4.69) is 5.32 Å². The van der Waals surface area contributed by atoms with Crippen LogP contribution < -0.4 is 5.32 Å². The molecule has 0 aromatic heterocycles. The third-order valence-electron chi connectivity index (χ3n) is 2.05. The Morgan fingerprint density at radius 1 is 1.29 bits per heavy atom. The zero-order valence-electron chi connectivity index (χ0n) is 10.5. The number of likely N-dealkylation sites (N-methyl/N-ethyl adjacent to an activating group) is 1. The zero-order valence-corrected chi connectivity index (χ0v) is 10.5. The maximum Gasteiger partial charge on any atom is 0.323 e. The fourth-order valence-electron chi connectivity index (χ4n) is 1.23. The normalized spacial score (nSPS) is 10.1. The largest absolute Gasteiger partial charge is 0.480 e. The second-order valence-electron chi connectivity index (χ2n) is 4.34. The Hall–Kier alpha value is -1.59. The SMILES string of the molecule is CC(C)CC(=O)NCCC(=O)N(C)CC(=O)O. The molecule has 0 fully saturated rings. The van der Waals surface area contributed by atoms with Gasteiger partial charge in [0.15, 0.2) is 0 Å². The summed E-state index contributed by atoms with van der Waals surface area (Å²) in [6.45, 7) is 3.80. The standard InChI is InChI=1S/C11H20N2O4/c1-8(2)6-9(14)12-5-4-10(15)13(3)7-11(16)17/h8H,4-7H2,1-3H3,(H,12,14)(H,16,17). The Bertz CT molecular complexity index is 289. The lowest BCUT2D eigenvalue weighted by Gasteiger charge is -2.14. The Balaban J connectivity index is 3.77. The topological polar surface area (TPSA) is 86.7 Å². The van der Waals surface area contributed by atoms with Gasteiger partial charge in [0.25, 0.3) is 0 Å². The van der Waals surface area contributed by atoms with Crippen molar-refractivity contribution in [1.82, 2.24) is 10.2 Å². The first kappa shape index (κ1) is 15.4. The van der Waals surface area contributed by atoms with E-state index >= 15 is 0 Å². The molecular formula is C11H20N2O4. The second-order valence-corrected chi connectivity index (χ2v) is 4.34. The first-order valence-corrected chi connectivity index (χ1v) is 5.55. The van der Waals surface area contributed by atoms with Crippen LogP contribution in [0.2, 0.25) is 0 Å². The average molecular weight is 244 g/mol. The number of carbonyl (C=O) groups is 3. The van der Waals surface area contributed by atoms with Gasteiger partial charge >= 0.3 is 5.97 Å². The fourth-order valence-corrected chi connectivity index (χ4v) is 1.23. The van der Waals surface area contributed by atoms with Crippen LogP contribution in [0.3, 0.4) is 0 Å². The van der Waals surface area contributed by atoms with Gasteiger partial charge in [0.05, 0.1) is 0 Å². The molecule has 0 aromatic rings. The highest BCUT2D eigenvalue weighted by Crippen LogP contribution is 1.98. The number of carbonyl (C=O) groups excluding carboxylic acids is 2. The van der Waals surface area contributed by atoms with Gasteiger partial charge in [0.1, 0.15) is 6.54 Å². The molecule has 6 nitrogen and oxygen atoms in total. The average Bonchev–Trinajstić information content (AvgIpc) is 2.14. The highest BCUT2D eigenvalue weighted by Gasteiger charge is 2.12. The molecule has 0 radical (unpaired) electrons. The van der Waals surface area contributed by atoms with Crippen LogP contribution in [-0.4, -0.2) is 47.9 Å². The van der Waals surface area contributed by atoms with Crippen molar-refractivity contribution in [3.8, 4) is 0 Å². The molecule has 0 rings (SSSR count). The molecule has 0 saturated heterocycles. The van der Waals surface area contributed by atoms with Gasteiger partial charge in [-0.15, -0.1) is 0 Å². The van der Waals surface area contributed by atoms with Gasteiger partial charge in [-0.25, -0.2) is 0 Å². The lowest BCUT2D eigenvalue weighted by molar-refractivity contribution is -0.143. The minimum Gasteiger partial charge on any atom is -0.480 e. The summed E-state index contributed by atoms with van der Waals surface area (Å²) >= 11 is 0. The van der Waals surface area contributed by atoms with Crippen molar-refractivity contribution >= 4 is 17.8 Å². The number of nitrogens with one attached hydrogen (secondary N) is 1. The maximum atomic E-state index is 11.4. The molecule has 0 aromatic carbocycles. The van der Waals surface area contributed by atoms with Crippen LogP contribution in [0.25, 0.3) is 0 Å². The van der Waals surface area contributed by atoms with E-state index in [0.29, 0.717) is 6.42 Å². The molecule has 98 valence electrons. The summed E-state index contributed by atoms with van der Waals surface area (Å²) in [5.41, 5.74) is 0. The second kappa shape index (κ2) is 7.65. The fraction of sp³-hybridized carbons (Fsp3) is 0.727. The van der Waals surface area contributed by atoms with Crippen LogP contribution in [0.4, 0.5) is 0 Å². The van der Waals surface area contributed by atoms with E-state index in [9.17, 15) is 14.4 Å². The van der Waals surface area contributed by atoms with Crippen molar-refractivity contribution in [2.75, 3.05) is 20.1 Å². The first-order chi connectivity index (χ1) is 7.82. The van der Waals surface area contributed by atoms with Crippen LogP contribution in [0.15, 0.2) is 0 Å². The zero-order chi connectivity index (χ0) is 13.4. The molecular weight excluding hydrogens is 224 g/mol. The van der Waals surface area contributed by atoms with E-state index in [0.717, 1.165) is 4.90 Å².